The summed E-state index contributed by atoms with van der Waals surface area (Å²) in [5.41, 5.74) is 1.87. The summed E-state index contributed by atoms with van der Waals surface area (Å²) in [5, 5.41) is 3.54. The van der Waals surface area contributed by atoms with Gasteiger partial charge in [0.15, 0.2) is 0 Å². The maximum Gasteiger partial charge on any atom is 0.225 e. The minimum atomic E-state index is -0.330. The predicted molar refractivity (Wildman–Crippen MR) is 99.8 cm³/mol. The van der Waals surface area contributed by atoms with Crippen molar-refractivity contribution < 1.29 is 14.3 Å². The number of carbonyl (C=O) groups is 2. The van der Waals surface area contributed by atoms with Crippen molar-refractivity contribution in [2.24, 2.45) is 5.92 Å². The first-order valence-electron chi connectivity index (χ1n) is 8.48. The van der Waals surface area contributed by atoms with Crippen LogP contribution in [0.5, 0.6) is 5.75 Å². The molecule has 3 rings (SSSR count). The van der Waals surface area contributed by atoms with Gasteiger partial charge in [0.05, 0.1) is 13.0 Å². The number of carbonyl (C=O) groups excluding carboxylic acids is 2. The molecule has 1 saturated heterocycles. The molecule has 1 aliphatic rings. The molecule has 2 aromatic rings. The molecule has 1 N–H and O–H groups in total. The van der Waals surface area contributed by atoms with Crippen molar-refractivity contribution in [1.29, 1.82) is 0 Å². The van der Waals surface area contributed by atoms with Gasteiger partial charge in [0.25, 0.3) is 0 Å². The van der Waals surface area contributed by atoms with Crippen LogP contribution in [0.4, 0.5) is 0 Å². The average molecular weight is 373 g/mol. The van der Waals surface area contributed by atoms with Crippen molar-refractivity contribution >= 4 is 23.4 Å². The highest BCUT2D eigenvalue weighted by atomic mass is 35.5. The van der Waals surface area contributed by atoms with Gasteiger partial charge in [-0.15, -0.1) is 0 Å². The molecule has 136 valence electrons. The summed E-state index contributed by atoms with van der Waals surface area (Å²) in [6.07, 6.45) is 0.235. The molecule has 26 heavy (non-hydrogen) atoms. The predicted octanol–water partition coefficient (Wildman–Crippen LogP) is 3.01. The van der Waals surface area contributed by atoms with Gasteiger partial charge in [-0.05, 0) is 29.3 Å². The van der Waals surface area contributed by atoms with Gasteiger partial charge in [0.2, 0.25) is 11.8 Å². The average Bonchev–Trinajstić information content (AvgIpc) is 3.02. The lowest BCUT2D eigenvalue weighted by Gasteiger charge is -2.17. The number of benzene rings is 2. The van der Waals surface area contributed by atoms with Crippen LogP contribution in [0, 0.1) is 5.92 Å². The Morgan fingerprint density at radius 3 is 2.65 bits per heavy atom. The fourth-order valence-corrected chi connectivity index (χ4v) is 3.21. The van der Waals surface area contributed by atoms with Crippen LogP contribution in [0.2, 0.25) is 5.02 Å². The third-order valence-electron chi connectivity index (χ3n) is 4.53. The van der Waals surface area contributed by atoms with E-state index in [-0.39, 0.29) is 24.2 Å². The number of likely N-dealkylation sites (tertiary alicyclic amines) is 1. The summed E-state index contributed by atoms with van der Waals surface area (Å²) >= 11 is 6.16. The summed E-state index contributed by atoms with van der Waals surface area (Å²) in [6, 6.07) is 15.0. The number of nitrogens with zero attached hydrogens (tertiary/aromatic N) is 1. The normalized spacial score (nSPS) is 16.6. The van der Waals surface area contributed by atoms with E-state index < -0.39 is 0 Å². The van der Waals surface area contributed by atoms with Gasteiger partial charge in [-0.1, -0.05) is 41.9 Å². The second kappa shape index (κ2) is 8.23. The molecule has 1 atom stereocenters. The Labute approximate surface area is 157 Å². The van der Waals surface area contributed by atoms with Gasteiger partial charge in [0.1, 0.15) is 5.75 Å². The maximum absolute atomic E-state index is 12.4. The molecular formula is C20H21ClN2O3. The lowest BCUT2D eigenvalue weighted by Crippen LogP contribution is -2.32. The second-order valence-electron chi connectivity index (χ2n) is 6.33. The standard InChI is InChI=1S/C20H21ClN2O3/c1-26-17-8-6-14(7-9-17)11-22-20(25)16-10-19(24)23(13-16)12-15-4-2-3-5-18(15)21/h2-9,16H,10-13H2,1H3,(H,22,25)/t16-/m0/s1. The molecule has 0 aliphatic carbocycles. The molecule has 5 nitrogen and oxygen atoms in total. The number of halogens is 1. The van der Waals surface area contributed by atoms with Crippen LogP contribution >= 0.6 is 11.6 Å². The molecule has 0 spiro atoms. The third-order valence-corrected chi connectivity index (χ3v) is 4.90. The Kier molecular flexibility index (Phi) is 5.78. The van der Waals surface area contributed by atoms with Crippen molar-refractivity contribution in [3.8, 4) is 5.75 Å². The Balaban J connectivity index is 1.54. The van der Waals surface area contributed by atoms with Crippen molar-refractivity contribution in [3.05, 3.63) is 64.7 Å². The monoisotopic (exact) mass is 372 g/mol. The van der Waals surface area contributed by atoms with E-state index in [0.717, 1.165) is 16.9 Å². The summed E-state index contributed by atoms with van der Waals surface area (Å²) < 4.78 is 5.12. The highest BCUT2D eigenvalue weighted by molar-refractivity contribution is 6.31. The molecular weight excluding hydrogens is 352 g/mol. The zero-order valence-electron chi connectivity index (χ0n) is 14.6. The van der Waals surface area contributed by atoms with Crippen LogP contribution in [0.3, 0.4) is 0 Å². The minimum Gasteiger partial charge on any atom is -0.497 e. The summed E-state index contributed by atoms with van der Waals surface area (Å²) in [4.78, 5) is 26.3. The second-order valence-corrected chi connectivity index (χ2v) is 6.74. The fourth-order valence-electron chi connectivity index (χ4n) is 3.01. The van der Waals surface area contributed by atoms with Crippen LogP contribution in [0.15, 0.2) is 48.5 Å². The van der Waals surface area contributed by atoms with Crippen molar-refractivity contribution in [1.82, 2.24) is 10.2 Å². The van der Waals surface area contributed by atoms with E-state index in [1.54, 1.807) is 18.1 Å². The van der Waals surface area contributed by atoms with Crippen LogP contribution in [0.1, 0.15) is 17.5 Å². The molecule has 0 saturated carbocycles. The lowest BCUT2D eigenvalue weighted by atomic mass is 10.1. The molecule has 0 bridgehead atoms. The number of hydrogen-bond donors (Lipinski definition) is 1. The third kappa shape index (κ3) is 4.35. The molecule has 2 aromatic carbocycles. The summed E-state index contributed by atoms with van der Waals surface area (Å²) in [5.74, 6) is 0.324. The van der Waals surface area contributed by atoms with E-state index in [1.807, 2.05) is 42.5 Å². The molecule has 6 heteroatoms. The first kappa shape index (κ1) is 18.3. The minimum absolute atomic E-state index is 0.0190. The number of hydrogen-bond acceptors (Lipinski definition) is 3. The molecule has 1 heterocycles. The molecule has 1 aliphatic heterocycles. The molecule has 2 amide bonds. The number of amides is 2. The lowest BCUT2D eigenvalue weighted by molar-refractivity contribution is -0.129. The Morgan fingerprint density at radius 2 is 1.96 bits per heavy atom. The Bertz CT molecular complexity index is 792. The van der Waals surface area contributed by atoms with Crippen LogP contribution in [-0.4, -0.2) is 30.4 Å². The van der Waals surface area contributed by atoms with Crippen LogP contribution in [0.25, 0.3) is 0 Å². The summed E-state index contributed by atoms with van der Waals surface area (Å²) in [6.45, 7) is 1.28. The maximum atomic E-state index is 12.4. The van der Waals surface area contributed by atoms with E-state index in [9.17, 15) is 9.59 Å². The Hall–Kier alpha value is -2.53. The van der Waals surface area contributed by atoms with Crippen molar-refractivity contribution in [2.75, 3.05) is 13.7 Å². The van der Waals surface area contributed by atoms with E-state index >= 15 is 0 Å². The first-order valence-corrected chi connectivity index (χ1v) is 8.86. The van der Waals surface area contributed by atoms with Gasteiger partial charge < -0.3 is 15.0 Å². The fraction of sp³-hybridized carbons (Fsp3) is 0.300. The molecule has 0 aromatic heterocycles. The number of nitrogens with one attached hydrogen (secondary N) is 1. The van der Waals surface area contributed by atoms with E-state index in [2.05, 4.69) is 5.32 Å². The van der Waals surface area contributed by atoms with Crippen molar-refractivity contribution in [3.63, 3.8) is 0 Å². The molecule has 0 unspecified atom stereocenters. The highest BCUT2D eigenvalue weighted by Gasteiger charge is 2.34. The van der Waals surface area contributed by atoms with E-state index in [1.165, 1.54) is 0 Å². The van der Waals surface area contributed by atoms with Gasteiger partial charge in [-0.2, -0.15) is 0 Å². The van der Waals surface area contributed by atoms with Crippen LogP contribution < -0.4 is 10.1 Å². The zero-order valence-corrected chi connectivity index (χ0v) is 15.3. The zero-order chi connectivity index (χ0) is 18.5. The first-order chi connectivity index (χ1) is 12.6. The summed E-state index contributed by atoms with van der Waals surface area (Å²) in [7, 11) is 1.61. The van der Waals surface area contributed by atoms with Crippen molar-refractivity contribution in [2.45, 2.75) is 19.5 Å². The number of rotatable bonds is 6. The van der Waals surface area contributed by atoms with Gasteiger partial charge in [-0.3, -0.25) is 9.59 Å². The molecule has 0 radical (unpaired) electrons. The Morgan fingerprint density at radius 1 is 1.23 bits per heavy atom. The van der Waals surface area contributed by atoms with Gasteiger partial charge in [-0.25, -0.2) is 0 Å². The van der Waals surface area contributed by atoms with Gasteiger partial charge >= 0.3 is 0 Å². The largest absolute Gasteiger partial charge is 0.497 e. The molecule has 1 fully saturated rings. The quantitative estimate of drug-likeness (QED) is 0.848. The van der Waals surface area contributed by atoms with E-state index in [0.29, 0.717) is 24.7 Å². The number of ether oxygens (including phenoxy) is 1. The van der Waals surface area contributed by atoms with E-state index in [4.69, 9.17) is 16.3 Å². The highest BCUT2D eigenvalue weighted by Crippen LogP contribution is 2.23. The number of methoxy groups -OCH3 is 1. The topological polar surface area (TPSA) is 58.6 Å². The SMILES string of the molecule is COc1ccc(CNC(=O)[C@H]2CC(=O)N(Cc3ccccc3Cl)C2)cc1. The van der Waals surface area contributed by atoms with Gasteiger partial charge in [0, 0.05) is 31.1 Å². The smallest absolute Gasteiger partial charge is 0.225 e. The van der Waals surface area contributed by atoms with Crippen LogP contribution in [-0.2, 0) is 22.7 Å².